The number of rotatable bonds is 5. The van der Waals surface area contributed by atoms with Gasteiger partial charge in [-0.3, -0.25) is 10.1 Å². The lowest BCUT2D eigenvalue weighted by Crippen LogP contribution is -2.27. The van der Waals surface area contributed by atoms with Gasteiger partial charge in [-0.25, -0.2) is 9.78 Å². The maximum atomic E-state index is 13.5. The van der Waals surface area contributed by atoms with Crippen LogP contribution < -0.4 is 10.6 Å². The van der Waals surface area contributed by atoms with E-state index in [0.717, 1.165) is 10.5 Å². The van der Waals surface area contributed by atoms with E-state index >= 15 is 0 Å². The lowest BCUT2D eigenvalue weighted by Gasteiger charge is -2.22. The summed E-state index contributed by atoms with van der Waals surface area (Å²) in [6, 6.07) is 4.23. The number of carboxylic acids is 1. The Hall–Kier alpha value is -2.62. The molecule has 1 aromatic carbocycles. The number of nitrogens with one attached hydrogen (secondary N) is 2. The quantitative estimate of drug-likeness (QED) is 0.536. The summed E-state index contributed by atoms with van der Waals surface area (Å²) in [5.74, 6) is -0.939. The van der Waals surface area contributed by atoms with E-state index in [1.165, 1.54) is 32.2 Å². The third-order valence-corrected chi connectivity index (χ3v) is 4.59. The van der Waals surface area contributed by atoms with Crippen molar-refractivity contribution in [2.45, 2.75) is 33.4 Å². The fraction of sp³-hybridized carbons (Fsp3) is 0.316. The molecule has 0 saturated heterocycles. The van der Waals surface area contributed by atoms with Crippen LogP contribution in [-0.4, -0.2) is 22.1 Å². The summed E-state index contributed by atoms with van der Waals surface area (Å²) in [6.45, 7) is 4.42. The number of halogens is 4. The van der Waals surface area contributed by atoms with E-state index in [0.29, 0.717) is 5.56 Å². The molecule has 10 heteroatoms. The number of aromatic nitrogens is 1. The summed E-state index contributed by atoms with van der Waals surface area (Å²) in [5, 5.41) is 14.0. The molecule has 156 valence electrons. The van der Waals surface area contributed by atoms with Gasteiger partial charge in [-0.2, -0.15) is 13.2 Å². The largest absolute Gasteiger partial charge is 0.481 e. The maximum absolute atomic E-state index is 13.5. The lowest BCUT2D eigenvalue weighted by atomic mass is 9.84. The molecule has 6 nitrogen and oxygen atoms in total. The highest BCUT2D eigenvalue weighted by Gasteiger charge is 2.37. The van der Waals surface area contributed by atoms with Gasteiger partial charge < -0.3 is 10.4 Å². The Bertz CT molecular complexity index is 946. The van der Waals surface area contributed by atoms with Gasteiger partial charge in [-0.15, -0.1) is 0 Å². The van der Waals surface area contributed by atoms with Gasteiger partial charge in [-0.05, 0) is 72.4 Å². The molecule has 0 unspecified atom stereocenters. The smallest absolute Gasteiger partial charge is 0.416 e. The molecule has 1 aromatic heterocycles. The van der Waals surface area contributed by atoms with Crippen LogP contribution in [0.5, 0.6) is 0 Å². The average Bonchev–Trinajstić information content (AvgIpc) is 2.57. The first-order valence-electron chi connectivity index (χ1n) is 8.43. The summed E-state index contributed by atoms with van der Waals surface area (Å²) in [4.78, 5) is 27.4. The van der Waals surface area contributed by atoms with Crippen LogP contribution in [0.2, 0.25) is 0 Å². The number of aliphatic carboxylic acids is 1. The Kier molecular flexibility index (Phi) is 6.56. The normalized spacial score (nSPS) is 11.8. The molecule has 0 atom stereocenters. The zero-order chi connectivity index (χ0) is 22.0. The van der Waals surface area contributed by atoms with Crippen molar-refractivity contribution in [3.8, 4) is 0 Å². The third kappa shape index (κ3) is 5.93. The highest BCUT2D eigenvalue weighted by Crippen LogP contribution is 2.36. The topological polar surface area (TPSA) is 91.3 Å². The fourth-order valence-electron chi connectivity index (χ4n) is 2.57. The number of urea groups is 1. The van der Waals surface area contributed by atoms with E-state index in [1.54, 1.807) is 13.0 Å². The minimum atomic E-state index is -4.71. The molecule has 0 spiro atoms. The van der Waals surface area contributed by atoms with Gasteiger partial charge >= 0.3 is 18.2 Å². The minimum Gasteiger partial charge on any atom is -0.481 e. The van der Waals surface area contributed by atoms with Gasteiger partial charge in [0.05, 0.1) is 11.0 Å². The minimum absolute atomic E-state index is 0.0820. The molecule has 0 radical (unpaired) electrons. The Morgan fingerprint density at radius 1 is 1.17 bits per heavy atom. The van der Waals surface area contributed by atoms with Crippen LogP contribution in [-0.2, 0) is 17.4 Å². The van der Waals surface area contributed by atoms with E-state index in [-0.39, 0.29) is 23.5 Å². The Balaban J connectivity index is 2.25. The molecule has 0 fully saturated rings. The number of amides is 2. The van der Waals surface area contributed by atoms with Crippen molar-refractivity contribution in [1.29, 1.82) is 0 Å². The summed E-state index contributed by atoms with van der Waals surface area (Å²) in [6.07, 6.45) is -3.54. The van der Waals surface area contributed by atoms with Crippen LogP contribution in [0.1, 0.15) is 30.5 Å². The SMILES string of the molecule is Cc1cc(Br)cnc1NC(=O)Nc1ccc(CC(C)(C)C(=O)O)c(C(F)(F)F)c1. The van der Waals surface area contributed by atoms with Crippen LogP contribution in [0.15, 0.2) is 34.9 Å². The van der Waals surface area contributed by atoms with Crippen molar-refractivity contribution < 1.29 is 27.9 Å². The molecule has 0 bridgehead atoms. The number of anilines is 2. The van der Waals surface area contributed by atoms with Crippen LogP contribution in [0, 0.1) is 12.3 Å². The highest BCUT2D eigenvalue weighted by molar-refractivity contribution is 9.10. The molecular formula is C19H19BrF3N3O3. The van der Waals surface area contributed by atoms with E-state index in [9.17, 15) is 27.9 Å². The molecule has 3 N–H and O–H groups in total. The first-order chi connectivity index (χ1) is 13.3. The number of alkyl halides is 3. The fourth-order valence-corrected chi connectivity index (χ4v) is 3.01. The van der Waals surface area contributed by atoms with Gasteiger partial charge in [0.2, 0.25) is 0 Å². The van der Waals surface area contributed by atoms with Crippen molar-refractivity contribution >= 4 is 39.4 Å². The number of carbonyl (C=O) groups is 2. The van der Waals surface area contributed by atoms with Gasteiger partial charge in [0, 0.05) is 16.4 Å². The Morgan fingerprint density at radius 3 is 2.38 bits per heavy atom. The molecule has 29 heavy (non-hydrogen) atoms. The summed E-state index contributed by atoms with van der Waals surface area (Å²) >= 11 is 3.24. The molecule has 0 saturated carbocycles. The molecular weight excluding hydrogens is 455 g/mol. The van der Waals surface area contributed by atoms with E-state index in [1.807, 2.05) is 0 Å². The summed E-state index contributed by atoms with van der Waals surface area (Å²) in [7, 11) is 0. The molecule has 0 aliphatic carbocycles. The zero-order valence-electron chi connectivity index (χ0n) is 15.8. The monoisotopic (exact) mass is 473 g/mol. The van der Waals surface area contributed by atoms with Crippen LogP contribution in [0.4, 0.5) is 29.5 Å². The van der Waals surface area contributed by atoms with E-state index < -0.39 is 29.2 Å². The summed E-state index contributed by atoms with van der Waals surface area (Å²) < 4.78 is 41.2. The van der Waals surface area contributed by atoms with Gasteiger partial charge in [0.1, 0.15) is 5.82 Å². The number of carbonyl (C=O) groups excluding carboxylic acids is 1. The molecule has 0 aliphatic heterocycles. The number of carboxylic acid groups (broad SMARTS) is 1. The maximum Gasteiger partial charge on any atom is 0.416 e. The van der Waals surface area contributed by atoms with Crippen molar-refractivity contribution in [2.75, 3.05) is 10.6 Å². The number of aryl methyl sites for hydroxylation is 1. The zero-order valence-corrected chi connectivity index (χ0v) is 17.4. The second-order valence-corrected chi connectivity index (χ2v) is 8.05. The van der Waals surface area contributed by atoms with Crippen molar-refractivity contribution in [2.24, 2.45) is 5.41 Å². The van der Waals surface area contributed by atoms with Crippen LogP contribution >= 0.6 is 15.9 Å². The molecule has 2 amide bonds. The van der Waals surface area contributed by atoms with Gasteiger partial charge in [0.15, 0.2) is 0 Å². The molecule has 0 aliphatic rings. The number of benzene rings is 1. The van der Waals surface area contributed by atoms with Crippen molar-refractivity contribution in [3.05, 3.63) is 51.6 Å². The first kappa shape index (κ1) is 22.7. The third-order valence-electron chi connectivity index (χ3n) is 4.16. The Labute approximate surface area is 173 Å². The predicted molar refractivity (Wildman–Crippen MR) is 106 cm³/mol. The first-order valence-corrected chi connectivity index (χ1v) is 9.22. The number of hydrogen-bond acceptors (Lipinski definition) is 3. The lowest BCUT2D eigenvalue weighted by molar-refractivity contribution is -0.148. The molecule has 2 rings (SSSR count). The van der Waals surface area contributed by atoms with Crippen molar-refractivity contribution in [3.63, 3.8) is 0 Å². The highest BCUT2D eigenvalue weighted by atomic mass is 79.9. The second-order valence-electron chi connectivity index (χ2n) is 7.13. The van der Waals surface area contributed by atoms with E-state index in [4.69, 9.17) is 0 Å². The van der Waals surface area contributed by atoms with Gasteiger partial charge in [-0.1, -0.05) is 6.07 Å². The Morgan fingerprint density at radius 2 is 1.83 bits per heavy atom. The summed E-state index contributed by atoms with van der Waals surface area (Å²) in [5.41, 5.74) is -1.96. The molecule has 2 aromatic rings. The predicted octanol–water partition coefficient (Wildman–Crippen LogP) is 5.47. The van der Waals surface area contributed by atoms with E-state index in [2.05, 4.69) is 31.5 Å². The second kappa shape index (κ2) is 8.40. The number of nitrogens with zero attached hydrogens (tertiary/aromatic N) is 1. The average molecular weight is 474 g/mol. The van der Waals surface area contributed by atoms with Crippen LogP contribution in [0.25, 0.3) is 0 Å². The van der Waals surface area contributed by atoms with Crippen LogP contribution in [0.3, 0.4) is 0 Å². The number of pyridine rings is 1. The number of hydrogen-bond donors (Lipinski definition) is 3. The van der Waals surface area contributed by atoms with Crippen molar-refractivity contribution in [1.82, 2.24) is 4.98 Å². The standard InChI is InChI=1S/C19H19BrF3N3O3/c1-10-6-12(20)9-24-15(10)26-17(29)25-13-5-4-11(8-18(2,3)16(27)28)14(7-13)19(21,22)23/h4-7,9H,8H2,1-3H3,(H,27,28)(H2,24,25,26,29). The molecule has 1 heterocycles. The van der Waals surface area contributed by atoms with Gasteiger partial charge in [0.25, 0.3) is 0 Å².